The standard InChI is InChI=1S/C26H26N2O5/c1-4-27-23(29)15-33-26(30)24-18-7-5-6-8-20(18)28-25-17(10-11-19(24)25)13-16-9-12-21(31-2)22(14-16)32-3/h5-9,12-14H,4,10-11,15H2,1-3H3,(H,27,29)/b17-13-. The summed E-state index contributed by atoms with van der Waals surface area (Å²) >= 11 is 0. The van der Waals surface area contributed by atoms with Crippen molar-refractivity contribution in [3.8, 4) is 11.5 Å². The summed E-state index contributed by atoms with van der Waals surface area (Å²) in [4.78, 5) is 29.7. The zero-order valence-electron chi connectivity index (χ0n) is 18.9. The van der Waals surface area contributed by atoms with E-state index in [9.17, 15) is 9.59 Å². The molecule has 0 fully saturated rings. The number of hydrogen-bond donors (Lipinski definition) is 1. The summed E-state index contributed by atoms with van der Waals surface area (Å²) < 4.78 is 16.1. The largest absolute Gasteiger partial charge is 0.493 e. The molecule has 1 aliphatic carbocycles. The zero-order valence-corrected chi connectivity index (χ0v) is 18.9. The maximum Gasteiger partial charge on any atom is 0.339 e. The van der Waals surface area contributed by atoms with Gasteiger partial charge in [0, 0.05) is 11.9 Å². The van der Waals surface area contributed by atoms with Crippen LogP contribution in [0.4, 0.5) is 0 Å². The van der Waals surface area contributed by atoms with Crippen molar-refractivity contribution in [2.24, 2.45) is 0 Å². The third kappa shape index (κ3) is 4.53. The number of benzene rings is 2. The Morgan fingerprint density at radius 3 is 2.61 bits per heavy atom. The number of fused-ring (bicyclic) bond motifs is 2. The molecule has 1 aliphatic rings. The number of aromatic nitrogens is 1. The van der Waals surface area contributed by atoms with E-state index >= 15 is 0 Å². The minimum Gasteiger partial charge on any atom is -0.493 e. The first-order valence-electron chi connectivity index (χ1n) is 10.8. The number of carbonyl (C=O) groups excluding carboxylic acids is 2. The summed E-state index contributed by atoms with van der Waals surface area (Å²) in [6.45, 7) is 1.98. The highest BCUT2D eigenvalue weighted by Crippen LogP contribution is 2.38. The number of carbonyl (C=O) groups is 2. The van der Waals surface area contributed by atoms with Gasteiger partial charge in [-0.15, -0.1) is 0 Å². The molecule has 3 aromatic rings. The van der Waals surface area contributed by atoms with Crippen molar-refractivity contribution in [1.82, 2.24) is 10.3 Å². The van der Waals surface area contributed by atoms with Crippen molar-refractivity contribution in [3.63, 3.8) is 0 Å². The van der Waals surface area contributed by atoms with E-state index in [2.05, 4.69) is 11.4 Å². The third-order valence-electron chi connectivity index (χ3n) is 5.60. The van der Waals surface area contributed by atoms with Gasteiger partial charge in [0.05, 0.1) is 31.0 Å². The summed E-state index contributed by atoms with van der Waals surface area (Å²) in [5.74, 6) is 0.470. The second kappa shape index (κ2) is 9.73. The summed E-state index contributed by atoms with van der Waals surface area (Å²) in [5, 5.41) is 3.36. The van der Waals surface area contributed by atoms with E-state index in [-0.39, 0.29) is 12.5 Å². The zero-order chi connectivity index (χ0) is 23.4. The fraction of sp³-hybridized carbons (Fsp3) is 0.269. The van der Waals surface area contributed by atoms with Crippen molar-refractivity contribution in [3.05, 3.63) is 64.8 Å². The Bertz CT molecular complexity index is 1250. The molecule has 0 bridgehead atoms. The SMILES string of the molecule is CCNC(=O)COC(=O)c1c2c(nc3ccccc13)/C(=C\c1ccc(OC)c(OC)c1)CC2. The molecule has 0 radical (unpaired) electrons. The van der Waals surface area contributed by atoms with Crippen molar-refractivity contribution < 1.29 is 23.8 Å². The summed E-state index contributed by atoms with van der Waals surface area (Å²) in [6.07, 6.45) is 3.46. The van der Waals surface area contributed by atoms with Crippen LogP contribution in [0.1, 0.15) is 40.5 Å². The predicted molar refractivity (Wildman–Crippen MR) is 126 cm³/mol. The molecule has 0 saturated heterocycles. The molecule has 2 aromatic carbocycles. The Balaban J connectivity index is 1.75. The minimum absolute atomic E-state index is 0.313. The molecule has 0 spiro atoms. The van der Waals surface area contributed by atoms with Gasteiger partial charge in [0.15, 0.2) is 18.1 Å². The number of pyridine rings is 1. The Morgan fingerprint density at radius 1 is 1.06 bits per heavy atom. The van der Waals surface area contributed by atoms with Crippen LogP contribution in [-0.4, -0.2) is 44.2 Å². The number of hydrogen-bond acceptors (Lipinski definition) is 6. The van der Waals surface area contributed by atoms with Crippen LogP contribution in [0.25, 0.3) is 22.6 Å². The molecule has 1 heterocycles. The van der Waals surface area contributed by atoms with Gasteiger partial charge in [0.1, 0.15) is 0 Å². The molecule has 33 heavy (non-hydrogen) atoms. The van der Waals surface area contributed by atoms with Crippen LogP contribution in [-0.2, 0) is 16.0 Å². The molecule has 4 rings (SSSR count). The number of likely N-dealkylation sites (N-methyl/N-ethyl adjacent to an activating group) is 1. The summed E-state index contributed by atoms with van der Waals surface area (Å²) in [7, 11) is 3.21. The molecular weight excluding hydrogens is 420 g/mol. The number of nitrogens with zero attached hydrogens (tertiary/aromatic N) is 1. The number of allylic oxidation sites excluding steroid dienone is 1. The normalized spacial score (nSPS) is 13.6. The highest BCUT2D eigenvalue weighted by Gasteiger charge is 2.28. The van der Waals surface area contributed by atoms with Crippen molar-refractivity contribution in [2.75, 3.05) is 27.4 Å². The smallest absolute Gasteiger partial charge is 0.339 e. The quantitative estimate of drug-likeness (QED) is 0.552. The maximum atomic E-state index is 13.1. The van der Waals surface area contributed by atoms with Crippen LogP contribution in [0.5, 0.6) is 11.5 Å². The summed E-state index contributed by atoms with van der Waals surface area (Å²) in [6, 6.07) is 13.2. The molecule has 0 atom stereocenters. The Kier molecular flexibility index (Phi) is 6.58. The van der Waals surface area contributed by atoms with Crippen LogP contribution < -0.4 is 14.8 Å². The van der Waals surface area contributed by atoms with E-state index in [1.165, 1.54) is 0 Å². The van der Waals surface area contributed by atoms with Gasteiger partial charge in [-0.3, -0.25) is 4.79 Å². The highest BCUT2D eigenvalue weighted by atomic mass is 16.5. The van der Waals surface area contributed by atoms with Gasteiger partial charge >= 0.3 is 5.97 Å². The average Bonchev–Trinajstić information content (AvgIpc) is 3.22. The Labute approximate surface area is 192 Å². The molecule has 0 aliphatic heterocycles. The van der Waals surface area contributed by atoms with E-state index in [0.717, 1.165) is 34.2 Å². The Morgan fingerprint density at radius 2 is 1.85 bits per heavy atom. The lowest BCUT2D eigenvalue weighted by atomic mass is 10.0. The van der Waals surface area contributed by atoms with E-state index < -0.39 is 5.97 Å². The number of esters is 1. The van der Waals surface area contributed by atoms with Crippen LogP contribution >= 0.6 is 0 Å². The highest BCUT2D eigenvalue weighted by molar-refractivity contribution is 6.07. The van der Waals surface area contributed by atoms with E-state index in [0.29, 0.717) is 35.5 Å². The van der Waals surface area contributed by atoms with Gasteiger partial charge in [0.2, 0.25) is 0 Å². The van der Waals surface area contributed by atoms with Gasteiger partial charge < -0.3 is 19.5 Å². The monoisotopic (exact) mass is 446 g/mol. The number of rotatable bonds is 7. The number of ether oxygens (including phenoxy) is 3. The van der Waals surface area contributed by atoms with Gasteiger partial charge in [0.25, 0.3) is 5.91 Å². The van der Waals surface area contributed by atoms with E-state index in [1.54, 1.807) is 14.2 Å². The molecule has 7 heteroatoms. The number of methoxy groups -OCH3 is 2. The average molecular weight is 447 g/mol. The molecule has 7 nitrogen and oxygen atoms in total. The van der Waals surface area contributed by atoms with E-state index in [4.69, 9.17) is 19.2 Å². The lowest BCUT2D eigenvalue weighted by molar-refractivity contribution is -0.124. The van der Waals surface area contributed by atoms with Crippen LogP contribution in [0, 0.1) is 0 Å². The molecular formula is C26H26N2O5. The number of amides is 1. The van der Waals surface area contributed by atoms with Crippen molar-refractivity contribution >= 4 is 34.4 Å². The van der Waals surface area contributed by atoms with Crippen LogP contribution in [0.2, 0.25) is 0 Å². The molecule has 0 unspecified atom stereocenters. The number of para-hydroxylation sites is 1. The van der Waals surface area contributed by atoms with Crippen molar-refractivity contribution in [2.45, 2.75) is 19.8 Å². The van der Waals surface area contributed by atoms with Crippen LogP contribution in [0.3, 0.4) is 0 Å². The number of nitrogens with one attached hydrogen (secondary N) is 1. The fourth-order valence-corrected chi connectivity index (χ4v) is 4.11. The topological polar surface area (TPSA) is 86.8 Å². The first kappa shape index (κ1) is 22.3. The molecule has 1 N–H and O–H groups in total. The molecule has 0 saturated carbocycles. The van der Waals surface area contributed by atoms with E-state index in [1.807, 2.05) is 49.4 Å². The Hall–Kier alpha value is -3.87. The second-order valence-electron chi connectivity index (χ2n) is 7.64. The lowest BCUT2D eigenvalue weighted by Gasteiger charge is -2.12. The minimum atomic E-state index is -0.511. The predicted octanol–water partition coefficient (Wildman–Crippen LogP) is 4.03. The van der Waals surface area contributed by atoms with Gasteiger partial charge in [-0.25, -0.2) is 9.78 Å². The van der Waals surface area contributed by atoms with Gasteiger partial charge in [-0.05, 0) is 60.7 Å². The maximum absolute atomic E-state index is 13.1. The fourth-order valence-electron chi connectivity index (χ4n) is 4.11. The molecule has 1 amide bonds. The molecule has 1 aromatic heterocycles. The lowest BCUT2D eigenvalue weighted by Crippen LogP contribution is -2.28. The first-order chi connectivity index (χ1) is 16.0. The molecule has 170 valence electrons. The van der Waals surface area contributed by atoms with Crippen LogP contribution in [0.15, 0.2) is 42.5 Å². The van der Waals surface area contributed by atoms with Gasteiger partial charge in [-0.1, -0.05) is 24.3 Å². The summed E-state index contributed by atoms with van der Waals surface area (Å²) in [5.41, 5.74) is 4.80. The second-order valence-corrected chi connectivity index (χ2v) is 7.64. The third-order valence-corrected chi connectivity index (χ3v) is 5.60. The first-order valence-corrected chi connectivity index (χ1v) is 10.8. The van der Waals surface area contributed by atoms with Gasteiger partial charge in [-0.2, -0.15) is 0 Å². The van der Waals surface area contributed by atoms with Crippen molar-refractivity contribution in [1.29, 1.82) is 0 Å².